The summed E-state index contributed by atoms with van der Waals surface area (Å²) in [5, 5.41) is 13.4. The summed E-state index contributed by atoms with van der Waals surface area (Å²) in [6.45, 7) is 3.72. The van der Waals surface area contributed by atoms with E-state index in [0.717, 1.165) is 10.5 Å². The molecule has 0 aliphatic carbocycles. The third-order valence-corrected chi connectivity index (χ3v) is 5.77. The number of rotatable bonds is 6. The third-order valence-electron chi connectivity index (χ3n) is 5.48. The maximum absolute atomic E-state index is 13.1. The molecule has 3 aromatic rings. The number of carbonyl (C=O) groups excluding carboxylic acids is 3. The maximum Gasteiger partial charge on any atom is 0.335 e. The van der Waals surface area contributed by atoms with E-state index in [4.69, 9.17) is 16.3 Å². The number of ether oxygens (including phenoxy) is 1. The highest BCUT2D eigenvalue weighted by atomic mass is 35.5. The Kier molecular flexibility index (Phi) is 6.84. The quantitative estimate of drug-likeness (QED) is 0.215. The lowest BCUT2D eigenvalue weighted by Crippen LogP contribution is -2.54. The van der Waals surface area contributed by atoms with Gasteiger partial charge in [0.05, 0.1) is 15.6 Å². The van der Waals surface area contributed by atoms with Gasteiger partial charge in [0.1, 0.15) is 17.9 Å². The summed E-state index contributed by atoms with van der Waals surface area (Å²) in [5.41, 5.74) is 2.81. The molecule has 0 atom stereocenters. The van der Waals surface area contributed by atoms with Crippen LogP contribution in [0.3, 0.4) is 0 Å². The van der Waals surface area contributed by atoms with E-state index in [1.54, 1.807) is 43.3 Å². The molecule has 3 aromatic carbocycles. The monoisotopic (exact) mass is 505 g/mol. The van der Waals surface area contributed by atoms with Crippen LogP contribution in [0.1, 0.15) is 22.3 Å². The van der Waals surface area contributed by atoms with Crippen molar-refractivity contribution in [3.05, 3.63) is 104 Å². The van der Waals surface area contributed by atoms with Crippen molar-refractivity contribution in [3.8, 4) is 5.75 Å². The predicted molar refractivity (Wildman–Crippen MR) is 134 cm³/mol. The van der Waals surface area contributed by atoms with E-state index in [1.165, 1.54) is 24.3 Å². The summed E-state index contributed by atoms with van der Waals surface area (Å²) >= 11 is 6.34. The van der Waals surface area contributed by atoms with Crippen molar-refractivity contribution in [2.45, 2.75) is 20.5 Å². The van der Waals surface area contributed by atoms with Crippen LogP contribution in [-0.2, 0) is 16.2 Å². The SMILES string of the molecule is Cc1ccc(N2C(=O)NC(=O)/C(=C\c3ccc(OCc4cccc([N+](=O)[O-])c4)c(Cl)c3)C2=O)c(C)c1. The minimum absolute atomic E-state index is 0.0482. The Morgan fingerprint density at radius 2 is 1.83 bits per heavy atom. The van der Waals surface area contributed by atoms with Gasteiger partial charge in [-0.2, -0.15) is 0 Å². The van der Waals surface area contributed by atoms with Crippen molar-refractivity contribution < 1.29 is 24.0 Å². The van der Waals surface area contributed by atoms with Gasteiger partial charge in [-0.3, -0.25) is 25.0 Å². The van der Waals surface area contributed by atoms with Gasteiger partial charge in [-0.25, -0.2) is 9.69 Å². The first kappa shape index (κ1) is 24.6. The lowest BCUT2D eigenvalue weighted by atomic mass is 10.0. The molecule has 4 amide bonds. The van der Waals surface area contributed by atoms with Crippen molar-refractivity contribution in [2.75, 3.05) is 4.90 Å². The number of nitrogens with one attached hydrogen (secondary N) is 1. The van der Waals surface area contributed by atoms with Gasteiger partial charge in [-0.15, -0.1) is 0 Å². The fourth-order valence-electron chi connectivity index (χ4n) is 3.74. The van der Waals surface area contributed by atoms with Gasteiger partial charge in [0.15, 0.2) is 0 Å². The van der Waals surface area contributed by atoms with Gasteiger partial charge < -0.3 is 4.74 Å². The van der Waals surface area contributed by atoms with Gasteiger partial charge in [0.2, 0.25) is 0 Å². The number of imide groups is 2. The molecule has 1 fully saturated rings. The minimum atomic E-state index is -0.822. The van der Waals surface area contributed by atoms with E-state index in [9.17, 15) is 24.5 Å². The normalized spacial score (nSPS) is 14.7. The number of non-ortho nitro benzene ring substituents is 1. The first-order valence-electron chi connectivity index (χ1n) is 10.8. The van der Waals surface area contributed by atoms with E-state index in [2.05, 4.69) is 5.32 Å². The Hall–Kier alpha value is -4.50. The summed E-state index contributed by atoms with van der Waals surface area (Å²) in [6, 6.07) is 15.1. The number of benzene rings is 3. The highest BCUT2D eigenvalue weighted by Crippen LogP contribution is 2.29. The van der Waals surface area contributed by atoms with E-state index in [0.29, 0.717) is 28.1 Å². The van der Waals surface area contributed by atoms with Crippen molar-refractivity contribution in [2.24, 2.45) is 0 Å². The zero-order valence-corrected chi connectivity index (χ0v) is 20.0. The minimum Gasteiger partial charge on any atom is -0.487 e. The van der Waals surface area contributed by atoms with Gasteiger partial charge in [0.25, 0.3) is 17.5 Å². The molecule has 1 aliphatic heterocycles. The second-order valence-electron chi connectivity index (χ2n) is 8.15. The van der Waals surface area contributed by atoms with E-state index in [-0.39, 0.29) is 22.9 Å². The first-order chi connectivity index (χ1) is 17.1. The molecule has 1 aliphatic rings. The molecule has 182 valence electrons. The van der Waals surface area contributed by atoms with Crippen LogP contribution in [0.4, 0.5) is 16.2 Å². The second kappa shape index (κ2) is 10.0. The molecular formula is C26H20ClN3O6. The van der Waals surface area contributed by atoms with Crippen molar-refractivity contribution in [3.63, 3.8) is 0 Å². The Morgan fingerprint density at radius 3 is 2.53 bits per heavy atom. The highest BCUT2D eigenvalue weighted by Gasteiger charge is 2.37. The number of barbiturate groups is 1. The maximum atomic E-state index is 13.1. The Morgan fingerprint density at radius 1 is 1.06 bits per heavy atom. The van der Waals surface area contributed by atoms with Crippen LogP contribution in [0.15, 0.2) is 66.2 Å². The molecule has 0 unspecified atom stereocenters. The molecule has 10 heteroatoms. The standard InChI is InChI=1S/C26H20ClN3O6/c1-15-6-8-22(16(2)10-15)29-25(32)20(24(31)28-26(29)33)12-17-7-9-23(21(27)13-17)36-14-18-4-3-5-19(11-18)30(34)35/h3-13H,14H2,1-2H3,(H,28,31,33)/b20-12+. The van der Waals surface area contributed by atoms with Crippen LogP contribution in [0, 0.1) is 24.0 Å². The Balaban J connectivity index is 1.56. The van der Waals surface area contributed by atoms with Gasteiger partial charge in [-0.05, 0) is 54.8 Å². The van der Waals surface area contributed by atoms with Crippen molar-refractivity contribution in [1.82, 2.24) is 5.32 Å². The zero-order chi connectivity index (χ0) is 26.0. The summed E-state index contributed by atoms with van der Waals surface area (Å²) in [7, 11) is 0. The molecule has 0 radical (unpaired) electrons. The Bertz CT molecular complexity index is 1450. The molecule has 1 heterocycles. The molecule has 9 nitrogen and oxygen atoms in total. The third kappa shape index (κ3) is 5.11. The number of hydrogen-bond acceptors (Lipinski definition) is 6. The van der Waals surface area contributed by atoms with Gasteiger partial charge in [0, 0.05) is 12.1 Å². The van der Waals surface area contributed by atoms with Gasteiger partial charge in [-0.1, -0.05) is 47.5 Å². The second-order valence-corrected chi connectivity index (χ2v) is 8.56. The number of urea groups is 1. The number of anilines is 1. The molecule has 1 N–H and O–H groups in total. The molecule has 36 heavy (non-hydrogen) atoms. The summed E-state index contributed by atoms with van der Waals surface area (Å²) in [5.74, 6) is -1.25. The summed E-state index contributed by atoms with van der Waals surface area (Å²) in [4.78, 5) is 49.5. The number of hydrogen-bond donors (Lipinski definition) is 1. The lowest BCUT2D eigenvalue weighted by molar-refractivity contribution is -0.384. The van der Waals surface area contributed by atoms with Crippen LogP contribution in [0.2, 0.25) is 5.02 Å². The van der Waals surface area contributed by atoms with Crippen molar-refractivity contribution in [1.29, 1.82) is 0 Å². The van der Waals surface area contributed by atoms with Crippen LogP contribution < -0.4 is 15.0 Å². The molecule has 1 saturated heterocycles. The summed E-state index contributed by atoms with van der Waals surface area (Å²) in [6.07, 6.45) is 1.34. The highest BCUT2D eigenvalue weighted by molar-refractivity contribution is 6.39. The number of amides is 4. The predicted octanol–water partition coefficient (Wildman–Crippen LogP) is 5.11. The molecule has 0 spiro atoms. The van der Waals surface area contributed by atoms with Gasteiger partial charge >= 0.3 is 6.03 Å². The smallest absolute Gasteiger partial charge is 0.335 e. The van der Waals surface area contributed by atoms with Crippen LogP contribution in [0.25, 0.3) is 6.08 Å². The number of nitro benzene ring substituents is 1. The lowest BCUT2D eigenvalue weighted by Gasteiger charge is -2.27. The Labute approximate surface area is 211 Å². The molecule has 0 saturated carbocycles. The van der Waals surface area contributed by atoms with E-state index in [1.807, 2.05) is 13.0 Å². The number of nitro groups is 1. The van der Waals surface area contributed by atoms with Crippen molar-refractivity contribution >= 4 is 46.9 Å². The number of nitrogens with zero attached hydrogens (tertiary/aromatic N) is 2. The zero-order valence-electron chi connectivity index (χ0n) is 19.3. The summed E-state index contributed by atoms with van der Waals surface area (Å²) < 4.78 is 5.68. The molecular weight excluding hydrogens is 486 g/mol. The van der Waals surface area contributed by atoms with E-state index >= 15 is 0 Å². The van der Waals surface area contributed by atoms with Crippen LogP contribution >= 0.6 is 11.6 Å². The average Bonchev–Trinajstić information content (AvgIpc) is 2.82. The average molecular weight is 506 g/mol. The molecule has 4 rings (SSSR count). The number of carbonyl (C=O) groups is 3. The van der Waals surface area contributed by atoms with E-state index < -0.39 is 22.8 Å². The first-order valence-corrected chi connectivity index (χ1v) is 11.2. The van der Waals surface area contributed by atoms with Crippen LogP contribution in [0.5, 0.6) is 5.75 Å². The largest absolute Gasteiger partial charge is 0.487 e. The topological polar surface area (TPSA) is 119 Å². The fourth-order valence-corrected chi connectivity index (χ4v) is 3.99. The molecule has 0 bridgehead atoms. The van der Waals surface area contributed by atoms with Crippen LogP contribution in [-0.4, -0.2) is 22.8 Å². The number of halogens is 1. The number of aryl methyl sites for hydroxylation is 2. The fraction of sp³-hybridized carbons (Fsp3) is 0.115. The molecule has 0 aromatic heterocycles.